The van der Waals surface area contributed by atoms with Gasteiger partial charge in [0, 0.05) is 18.4 Å². The Morgan fingerprint density at radius 1 is 1.04 bits per heavy atom. The molecule has 0 N–H and O–H groups in total. The van der Waals surface area contributed by atoms with Crippen molar-refractivity contribution >= 4 is 55.6 Å². The summed E-state index contributed by atoms with van der Waals surface area (Å²) in [6, 6.07) is 11.1. The molecule has 1 aromatic heterocycles. The van der Waals surface area contributed by atoms with Gasteiger partial charge in [-0.3, -0.25) is 4.98 Å². The van der Waals surface area contributed by atoms with Gasteiger partial charge < -0.3 is 0 Å². The van der Waals surface area contributed by atoms with Crippen LogP contribution >= 0.6 is 31.9 Å². The van der Waals surface area contributed by atoms with E-state index < -0.39 is 18.1 Å². The van der Waals surface area contributed by atoms with Gasteiger partial charge in [-0.1, -0.05) is 37.8 Å². The van der Waals surface area contributed by atoms with Crippen molar-refractivity contribution in [3.63, 3.8) is 0 Å². The maximum absolute atomic E-state index is 13.1. The predicted molar refractivity (Wildman–Crippen MR) is 107 cm³/mol. The molecule has 0 saturated heterocycles. The first-order valence-corrected chi connectivity index (χ1v) is 13.6. The Bertz CT molecular complexity index is 881. The average molecular weight is 488 g/mol. The van der Waals surface area contributed by atoms with Crippen LogP contribution in [0.15, 0.2) is 56.6 Å². The molecule has 0 spiro atoms. The number of anilines is 1. The topological polar surface area (TPSA) is 50.3 Å². The fourth-order valence-corrected chi connectivity index (χ4v) is 5.11. The summed E-state index contributed by atoms with van der Waals surface area (Å²) in [5.41, 5.74) is 3.54. The van der Waals surface area contributed by atoms with E-state index in [1.165, 1.54) is 0 Å². The number of halogens is 2. The van der Waals surface area contributed by atoms with Gasteiger partial charge in [-0.05, 0) is 44.0 Å². The fraction of sp³-hybridized carbons (Fsp3) is 0.188. The van der Waals surface area contributed by atoms with Crippen LogP contribution in [0.2, 0.25) is 19.6 Å². The predicted octanol–water partition coefficient (Wildman–Crippen LogP) is 4.64. The highest BCUT2D eigenvalue weighted by molar-refractivity contribution is 9.11. The fourth-order valence-electron chi connectivity index (χ4n) is 1.75. The lowest BCUT2D eigenvalue weighted by atomic mass is 10.4. The van der Waals surface area contributed by atoms with Crippen LogP contribution in [0.5, 0.6) is 0 Å². The second-order valence-electron chi connectivity index (χ2n) is 6.02. The third-order valence-corrected chi connectivity index (χ3v) is 6.49. The van der Waals surface area contributed by atoms with Crippen molar-refractivity contribution in [2.45, 2.75) is 24.5 Å². The quantitative estimate of drug-likeness (QED) is 0.360. The summed E-state index contributed by atoms with van der Waals surface area (Å²) in [6.45, 7) is 6.18. The van der Waals surface area contributed by atoms with Crippen molar-refractivity contribution in [3.05, 3.63) is 51.7 Å². The molecule has 0 bridgehead atoms. The van der Waals surface area contributed by atoms with Gasteiger partial charge in [0.05, 0.1) is 19.5 Å². The number of nitrogens with zero attached hydrogens (tertiary/aromatic N) is 2. The molecular weight excluding hydrogens is 472 g/mol. The lowest BCUT2D eigenvalue weighted by Gasteiger charge is -2.21. The Hall–Kier alpha value is -1.14. The van der Waals surface area contributed by atoms with Crippen LogP contribution in [0.1, 0.15) is 0 Å². The molecule has 0 aliphatic rings. The number of aromatic nitrogens is 1. The van der Waals surface area contributed by atoms with Gasteiger partial charge in [-0.2, -0.15) is 4.31 Å². The van der Waals surface area contributed by atoms with Crippen molar-refractivity contribution in [2.75, 3.05) is 4.31 Å². The Morgan fingerprint density at radius 3 is 2.08 bits per heavy atom. The normalized spacial score (nSPS) is 11.5. The van der Waals surface area contributed by atoms with E-state index in [4.69, 9.17) is 0 Å². The van der Waals surface area contributed by atoms with Gasteiger partial charge in [0.2, 0.25) is 0 Å². The second kappa shape index (κ2) is 7.40. The number of sulfonamides is 1. The molecule has 4 nitrogen and oxygen atoms in total. The molecule has 0 unspecified atom stereocenters. The highest BCUT2D eigenvalue weighted by atomic mass is 79.9. The van der Waals surface area contributed by atoms with Gasteiger partial charge in [0.15, 0.2) is 0 Å². The molecule has 1 heterocycles. The maximum Gasteiger partial charge on any atom is 0.275 e. The standard InChI is InChI=1S/C16H16Br2N2O2SSi/c1-24(2,3)10-9-20(16-14(17)11-19-12-15(16)18)23(21,22)13-7-5-4-6-8-13/h4-8,11-12H,1-3H3. The van der Waals surface area contributed by atoms with Crippen LogP contribution in [-0.4, -0.2) is 21.5 Å². The third kappa shape index (κ3) is 4.48. The number of rotatable bonds is 3. The summed E-state index contributed by atoms with van der Waals surface area (Å²) < 4.78 is 28.5. The molecule has 8 heteroatoms. The van der Waals surface area contributed by atoms with Crippen molar-refractivity contribution in [3.8, 4) is 11.6 Å². The van der Waals surface area contributed by atoms with E-state index in [0.29, 0.717) is 14.6 Å². The molecular formula is C16H16Br2N2O2SSi. The van der Waals surface area contributed by atoms with Crippen molar-refractivity contribution < 1.29 is 8.42 Å². The van der Waals surface area contributed by atoms with E-state index in [2.05, 4.69) is 68.1 Å². The molecule has 126 valence electrons. The lowest BCUT2D eigenvalue weighted by Crippen LogP contribution is -2.28. The summed E-state index contributed by atoms with van der Waals surface area (Å²) >= 11 is 6.76. The van der Waals surface area contributed by atoms with Crippen molar-refractivity contribution in [1.29, 1.82) is 0 Å². The largest absolute Gasteiger partial charge is 0.275 e. The minimum atomic E-state index is -3.83. The van der Waals surface area contributed by atoms with Crippen LogP contribution in [-0.2, 0) is 10.0 Å². The Labute approximate surface area is 160 Å². The minimum absolute atomic E-state index is 0.186. The molecule has 0 aliphatic carbocycles. The van der Waals surface area contributed by atoms with Gasteiger partial charge in [0.25, 0.3) is 10.0 Å². The average Bonchev–Trinajstić information content (AvgIpc) is 2.49. The van der Waals surface area contributed by atoms with E-state index >= 15 is 0 Å². The van der Waals surface area contributed by atoms with Gasteiger partial charge >= 0.3 is 0 Å². The zero-order valence-corrected chi connectivity index (χ0v) is 18.4. The number of hydrogen-bond acceptors (Lipinski definition) is 3. The van der Waals surface area contributed by atoms with Crippen molar-refractivity contribution in [1.82, 2.24) is 4.98 Å². The highest BCUT2D eigenvalue weighted by Crippen LogP contribution is 2.36. The molecule has 0 atom stereocenters. The number of benzene rings is 1. The smallest absolute Gasteiger partial charge is 0.262 e. The molecule has 0 fully saturated rings. The summed E-state index contributed by atoms with van der Waals surface area (Å²) in [4.78, 5) is 4.22. The van der Waals surface area contributed by atoms with E-state index in [9.17, 15) is 8.42 Å². The minimum Gasteiger partial charge on any atom is -0.262 e. The highest BCUT2D eigenvalue weighted by Gasteiger charge is 2.27. The zero-order valence-electron chi connectivity index (χ0n) is 13.4. The van der Waals surface area contributed by atoms with Gasteiger partial charge in [-0.15, -0.1) is 5.54 Å². The Morgan fingerprint density at radius 2 is 1.58 bits per heavy atom. The molecule has 0 saturated carbocycles. The Kier molecular flexibility index (Phi) is 5.91. The van der Waals surface area contributed by atoms with E-state index in [-0.39, 0.29) is 4.90 Å². The van der Waals surface area contributed by atoms with Gasteiger partial charge in [-0.25, -0.2) is 8.42 Å². The molecule has 0 amide bonds. The summed E-state index contributed by atoms with van der Waals surface area (Å²) in [7, 11) is -5.61. The first kappa shape index (κ1) is 19.2. The van der Waals surface area contributed by atoms with Crippen molar-refractivity contribution in [2.24, 2.45) is 0 Å². The Balaban J connectivity index is 2.71. The maximum atomic E-state index is 13.1. The van der Waals surface area contributed by atoms with Gasteiger partial charge in [0.1, 0.15) is 8.07 Å². The monoisotopic (exact) mass is 486 g/mol. The molecule has 0 aliphatic heterocycles. The van der Waals surface area contributed by atoms with E-state index in [1.807, 2.05) is 0 Å². The first-order chi connectivity index (χ1) is 11.1. The van der Waals surface area contributed by atoms with Crippen LogP contribution in [0.4, 0.5) is 5.69 Å². The SMILES string of the molecule is C[Si](C)(C)C#CN(c1c(Br)cncc1Br)S(=O)(=O)c1ccccc1. The first-order valence-electron chi connectivity index (χ1n) is 7.05. The second-order valence-corrected chi connectivity index (χ2v) is 14.3. The third-order valence-electron chi connectivity index (χ3n) is 2.85. The number of pyridine rings is 1. The summed E-state index contributed by atoms with van der Waals surface area (Å²) in [6.07, 6.45) is 3.09. The molecule has 24 heavy (non-hydrogen) atoms. The lowest BCUT2D eigenvalue weighted by molar-refractivity contribution is 0.596. The van der Waals surface area contributed by atoms with Crippen LogP contribution < -0.4 is 4.31 Å². The molecule has 0 radical (unpaired) electrons. The molecule has 2 aromatic rings. The van der Waals surface area contributed by atoms with E-state index in [0.717, 1.165) is 4.31 Å². The van der Waals surface area contributed by atoms with Crippen LogP contribution in [0.3, 0.4) is 0 Å². The van der Waals surface area contributed by atoms with Crippen LogP contribution in [0, 0.1) is 11.6 Å². The number of hydrogen-bond donors (Lipinski definition) is 0. The summed E-state index contributed by atoms with van der Waals surface area (Å²) in [5.74, 6) is 0. The van der Waals surface area contributed by atoms with E-state index in [1.54, 1.807) is 42.7 Å². The molecule has 1 aromatic carbocycles. The zero-order chi connectivity index (χ0) is 18.0. The molecule has 2 rings (SSSR count). The van der Waals surface area contributed by atoms with Crippen LogP contribution in [0.25, 0.3) is 0 Å². The summed E-state index contributed by atoms with van der Waals surface area (Å²) in [5, 5.41) is 0.